The van der Waals surface area contributed by atoms with Crippen molar-refractivity contribution in [2.75, 3.05) is 0 Å². The highest BCUT2D eigenvalue weighted by atomic mass is 16.3. The fourth-order valence-electron chi connectivity index (χ4n) is 7.86. The van der Waals surface area contributed by atoms with Crippen LogP contribution in [0.1, 0.15) is 0 Å². The van der Waals surface area contributed by atoms with Crippen LogP contribution < -0.4 is 0 Å². The lowest BCUT2D eigenvalue weighted by Crippen LogP contribution is -1.93. The summed E-state index contributed by atoms with van der Waals surface area (Å²) in [6.45, 7) is 0. The highest BCUT2D eigenvalue weighted by molar-refractivity contribution is 6.35. The molecule has 0 aliphatic heterocycles. The first kappa shape index (κ1) is 27.2. The van der Waals surface area contributed by atoms with Crippen LogP contribution >= 0.6 is 0 Å². The van der Waals surface area contributed by atoms with Gasteiger partial charge in [0.1, 0.15) is 28.0 Å². The lowest BCUT2D eigenvalue weighted by Gasteiger charge is -2.15. The SMILES string of the molecule is c1ccc(-c2nc(-c3ccccc3)c3oc4cc(-c5ccccc5-c5ccc6oc7cccc8c9ccccc9c5c6c78)ccc4c3n2)cc1. The van der Waals surface area contributed by atoms with E-state index in [1.54, 1.807) is 0 Å². The molecule has 0 amide bonds. The number of nitrogens with zero attached hydrogens (tertiary/aromatic N) is 2. The normalized spacial score (nSPS) is 12.0. The third kappa shape index (κ3) is 3.87. The molecule has 0 saturated heterocycles. The second-order valence-corrected chi connectivity index (χ2v) is 12.9. The van der Waals surface area contributed by atoms with Crippen LogP contribution in [0, 0.1) is 0 Å². The van der Waals surface area contributed by atoms with Crippen molar-refractivity contribution >= 4 is 65.6 Å². The molecule has 4 heteroatoms. The zero-order chi connectivity index (χ0) is 32.8. The van der Waals surface area contributed by atoms with Crippen LogP contribution in [-0.2, 0) is 0 Å². The van der Waals surface area contributed by atoms with Gasteiger partial charge in [0.2, 0.25) is 0 Å². The summed E-state index contributed by atoms with van der Waals surface area (Å²) >= 11 is 0. The molecule has 0 saturated carbocycles. The summed E-state index contributed by atoms with van der Waals surface area (Å²) in [6.07, 6.45) is 0. The van der Waals surface area contributed by atoms with E-state index < -0.39 is 0 Å². The van der Waals surface area contributed by atoms with Crippen molar-refractivity contribution in [3.8, 4) is 44.9 Å². The maximum absolute atomic E-state index is 6.69. The van der Waals surface area contributed by atoms with E-state index in [-0.39, 0.29) is 0 Å². The lowest BCUT2D eigenvalue weighted by molar-refractivity contribution is 0.667. The monoisotopic (exact) mass is 638 g/mol. The number of rotatable bonds is 4. The summed E-state index contributed by atoms with van der Waals surface area (Å²) in [6, 6.07) is 54.9. The van der Waals surface area contributed by atoms with Gasteiger partial charge in [0, 0.05) is 32.7 Å². The summed E-state index contributed by atoms with van der Waals surface area (Å²) < 4.78 is 13.1. The van der Waals surface area contributed by atoms with Crippen molar-refractivity contribution < 1.29 is 8.83 Å². The van der Waals surface area contributed by atoms with Crippen molar-refractivity contribution in [3.05, 3.63) is 158 Å². The first-order valence-corrected chi connectivity index (χ1v) is 16.8. The van der Waals surface area contributed by atoms with Gasteiger partial charge in [-0.25, -0.2) is 9.97 Å². The van der Waals surface area contributed by atoms with Gasteiger partial charge in [0.15, 0.2) is 11.4 Å². The quantitative estimate of drug-likeness (QED) is 0.180. The molecule has 8 aromatic carbocycles. The Kier molecular flexibility index (Phi) is 5.63. The molecule has 11 aromatic rings. The molecule has 4 nitrogen and oxygen atoms in total. The van der Waals surface area contributed by atoms with Crippen LogP contribution in [0.15, 0.2) is 167 Å². The van der Waals surface area contributed by atoms with Crippen LogP contribution in [0.5, 0.6) is 0 Å². The molecule has 0 radical (unpaired) electrons. The van der Waals surface area contributed by atoms with Crippen LogP contribution in [-0.4, -0.2) is 9.97 Å². The van der Waals surface area contributed by atoms with Crippen LogP contribution in [0.4, 0.5) is 0 Å². The highest BCUT2D eigenvalue weighted by Gasteiger charge is 2.22. The Balaban J connectivity index is 1.15. The molecular weight excluding hydrogens is 613 g/mol. The third-order valence-electron chi connectivity index (χ3n) is 10.1. The fraction of sp³-hybridized carbons (Fsp3) is 0. The molecule has 0 N–H and O–H groups in total. The van der Waals surface area contributed by atoms with Gasteiger partial charge in [-0.2, -0.15) is 0 Å². The average Bonchev–Trinajstić information content (AvgIpc) is 3.76. The van der Waals surface area contributed by atoms with Crippen molar-refractivity contribution in [2.24, 2.45) is 0 Å². The van der Waals surface area contributed by atoms with Gasteiger partial charge in [-0.1, -0.05) is 127 Å². The summed E-state index contributed by atoms with van der Waals surface area (Å²) in [4.78, 5) is 10.1. The molecular formula is C46H26N2O2. The summed E-state index contributed by atoms with van der Waals surface area (Å²) in [5.74, 6) is 0.675. The first-order valence-electron chi connectivity index (χ1n) is 16.8. The topological polar surface area (TPSA) is 52.1 Å². The first-order chi connectivity index (χ1) is 24.8. The van der Waals surface area contributed by atoms with E-state index in [4.69, 9.17) is 18.8 Å². The van der Waals surface area contributed by atoms with Gasteiger partial charge in [-0.15, -0.1) is 0 Å². The number of hydrogen-bond acceptors (Lipinski definition) is 4. The standard InChI is InChI=1S/C46H26N2O2/c1-3-12-27(13-4-1)43-45-44(48-46(47-43)28-14-5-2-6-15-28)36-23-22-29(26-39(36)50-45)30-16-7-8-17-31(30)35-24-25-38-42-40(35)33-19-10-9-18-32(33)34-20-11-21-37(49-38)41(34)42/h1-26H. The molecule has 0 unspecified atom stereocenters. The maximum atomic E-state index is 6.69. The Hall–Kier alpha value is -6.78. The Bertz CT molecular complexity index is 3080. The van der Waals surface area contributed by atoms with Gasteiger partial charge in [0.05, 0.1) is 0 Å². The number of hydrogen-bond donors (Lipinski definition) is 0. The molecule has 50 heavy (non-hydrogen) atoms. The van der Waals surface area contributed by atoms with Gasteiger partial charge in [-0.3, -0.25) is 0 Å². The zero-order valence-corrected chi connectivity index (χ0v) is 26.7. The molecule has 0 bridgehead atoms. The molecule has 0 spiro atoms. The van der Waals surface area contributed by atoms with Crippen LogP contribution in [0.25, 0.3) is 110 Å². The lowest BCUT2D eigenvalue weighted by atomic mass is 9.87. The zero-order valence-electron chi connectivity index (χ0n) is 26.7. The highest BCUT2D eigenvalue weighted by Crippen LogP contribution is 2.48. The molecule has 0 fully saturated rings. The van der Waals surface area contributed by atoms with Gasteiger partial charge < -0.3 is 8.83 Å². The number of fused-ring (bicyclic) bond motifs is 6. The second kappa shape index (κ2) is 10.4. The molecule has 3 heterocycles. The fourth-order valence-corrected chi connectivity index (χ4v) is 7.86. The van der Waals surface area contributed by atoms with Crippen molar-refractivity contribution in [2.45, 2.75) is 0 Å². The summed E-state index contributed by atoms with van der Waals surface area (Å²) in [5.41, 5.74) is 11.3. The predicted molar refractivity (Wildman–Crippen MR) is 205 cm³/mol. The van der Waals surface area contributed by atoms with Gasteiger partial charge >= 0.3 is 0 Å². The number of benzene rings is 8. The van der Waals surface area contributed by atoms with Crippen LogP contribution in [0.3, 0.4) is 0 Å². The molecule has 0 aliphatic carbocycles. The Morgan fingerprint density at radius 2 is 1.04 bits per heavy atom. The van der Waals surface area contributed by atoms with Crippen molar-refractivity contribution in [1.29, 1.82) is 0 Å². The minimum atomic E-state index is 0.675. The van der Waals surface area contributed by atoms with Gasteiger partial charge in [-0.05, 0) is 68.7 Å². The van der Waals surface area contributed by atoms with E-state index in [0.717, 1.165) is 61.2 Å². The smallest absolute Gasteiger partial charge is 0.180 e. The van der Waals surface area contributed by atoms with Crippen molar-refractivity contribution in [1.82, 2.24) is 9.97 Å². The number of aromatic nitrogens is 2. The molecule has 0 atom stereocenters. The minimum absolute atomic E-state index is 0.675. The molecule has 232 valence electrons. The predicted octanol–water partition coefficient (Wildman–Crippen LogP) is 12.7. The largest absolute Gasteiger partial charge is 0.456 e. The summed E-state index contributed by atoms with van der Waals surface area (Å²) in [5, 5.41) is 8.20. The van der Waals surface area contributed by atoms with Crippen LogP contribution in [0.2, 0.25) is 0 Å². The van der Waals surface area contributed by atoms with E-state index >= 15 is 0 Å². The van der Waals surface area contributed by atoms with E-state index in [1.165, 1.54) is 37.9 Å². The Labute approximate surface area is 286 Å². The number of furan rings is 2. The van der Waals surface area contributed by atoms with E-state index in [2.05, 4.69) is 109 Å². The molecule has 11 rings (SSSR count). The summed E-state index contributed by atoms with van der Waals surface area (Å²) in [7, 11) is 0. The molecule has 0 aliphatic rings. The minimum Gasteiger partial charge on any atom is -0.456 e. The van der Waals surface area contributed by atoms with E-state index in [1.807, 2.05) is 48.5 Å². The Morgan fingerprint density at radius 1 is 0.360 bits per heavy atom. The second-order valence-electron chi connectivity index (χ2n) is 12.9. The maximum Gasteiger partial charge on any atom is 0.180 e. The van der Waals surface area contributed by atoms with Crippen molar-refractivity contribution in [3.63, 3.8) is 0 Å². The van der Waals surface area contributed by atoms with Gasteiger partial charge in [0.25, 0.3) is 0 Å². The third-order valence-corrected chi connectivity index (χ3v) is 10.1. The average molecular weight is 639 g/mol. The molecule has 3 aromatic heterocycles. The Morgan fingerprint density at radius 3 is 1.88 bits per heavy atom. The van der Waals surface area contributed by atoms with E-state index in [9.17, 15) is 0 Å². The van der Waals surface area contributed by atoms with E-state index in [0.29, 0.717) is 11.4 Å².